The first kappa shape index (κ1) is 58.4. The zero-order valence-corrected chi connectivity index (χ0v) is 45.8. The van der Waals surface area contributed by atoms with E-state index in [-0.39, 0.29) is 42.7 Å². The lowest BCUT2D eigenvalue weighted by Crippen LogP contribution is -2.58. The molecule has 418 valence electrons. The molecule has 4 amide bonds. The van der Waals surface area contributed by atoms with Gasteiger partial charge in [-0.2, -0.15) is 0 Å². The van der Waals surface area contributed by atoms with E-state index in [1.807, 2.05) is 149 Å². The number of aliphatic hydroxyl groups is 1. The van der Waals surface area contributed by atoms with Crippen molar-refractivity contribution in [3.05, 3.63) is 244 Å². The molecule has 4 atom stereocenters. The van der Waals surface area contributed by atoms with Gasteiger partial charge >= 0.3 is 18.0 Å². The normalized spacial score (nSPS) is 19.5. The van der Waals surface area contributed by atoms with Crippen LogP contribution < -0.4 is 5.32 Å². The Bertz CT molecular complexity index is 3340. The van der Waals surface area contributed by atoms with Gasteiger partial charge in [-0.05, 0) is 93.0 Å². The zero-order valence-electron chi connectivity index (χ0n) is 45.8. The number of pyridine rings is 2. The summed E-state index contributed by atoms with van der Waals surface area (Å²) >= 11 is 0. The summed E-state index contributed by atoms with van der Waals surface area (Å²) in [6, 6.07) is 42.9. The number of nitrogens with zero attached hydrogens (tertiary/aromatic N) is 7. The van der Waals surface area contributed by atoms with E-state index in [0.29, 0.717) is 41.1 Å². The Balaban J connectivity index is 0.000000202. The number of aliphatic hydroxyl groups excluding tert-OH is 1. The minimum Gasteiger partial charge on any atom is -0.451 e. The molecule has 18 nitrogen and oxygen atoms in total. The molecule has 0 aliphatic carbocycles. The number of aromatic nitrogens is 2. The summed E-state index contributed by atoms with van der Waals surface area (Å²) in [4.78, 5) is 91.7. The maximum atomic E-state index is 13.7. The number of nitrogens with one attached hydrogen (secondary N) is 1. The third kappa shape index (κ3) is 13.1. The molecule has 82 heavy (non-hydrogen) atoms. The minimum atomic E-state index is -0.733. The standard InChI is InChI=1S/C32H31N3O5.C29H25N5O4.C3H6O/c1-4-17-39-31(38)34-24-16-15-23(33-20-24)18-25-26-19-32(2,3)28(35(26)29(25)36)30(37)40-27(21-11-7-5-8-12-21)22-13-9-6-10-14-22;1-29(2)16-23-22(15-21-14-13-20(17-31-21)26(35)32-33-30)27(36)34(23)25(29)28(37)38-24(18-9-5-3-6-10-18)19-11-7-4-8-12-19;1-2-3-4/h4-16,18,20,26-28H,1,17,19H2,2-3H3,(H,34,38);3-15,17,23-25H,16H2,1-2H3;2,4H,1,3H2/b25-18+;22-15+;/t26?,28-;23?,25-;/m00./s1. The quantitative estimate of drug-likeness (QED) is 0.0143. The number of esters is 2. The van der Waals surface area contributed by atoms with Gasteiger partial charge in [0.25, 0.3) is 17.7 Å². The summed E-state index contributed by atoms with van der Waals surface area (Å²) in [6.07, 6.45) is 8.56. The number of amides is 4. The molecule has 2 N–H and O–H groups in total. The Morgan fingerprint density at radius 1 is 0.659 bits per heavy atom. The molecule has 0 spiro atoms. The first-order valence-corrected chi connectivity index (χ1v) is 26.5. The van der Waals surface area contributed by atoms with Crippen LogP contribution in [-0.4, -0.2) is 98.0 Å². The summed E-state index contributed by atoms with van der Waals surface area (Å²) in [5, 5.41) is 13.4. The van der Waals surface area contributed by atoms with Crippen molar-refractivity contribution in [2.75, 3.05) is 18.5 Å². The van der Waals surface area contributed by atoms with Gasteiger partial charge in [-0.25, -0.2) is 14.4 Å². The molecule has 4 aromatic carbocycles. The highest BCUT2D eigenvalue weighted by atomic mass is 16.6. The number of benzene rings is 4. The van der Waals surface area contributed by atoms with Crippen molar-refractivity contribution in [2.24, 2.45) is 15.9 Å². The second kappa shape index (κ2) is 26.0. The van der Waals surface area contributed by atoms with E-state index in [4.69, 9.17) is 24.8 Å². The van der Waals surface area contributed by atoms with Gasteiger partial charge in [-0.3, -0.25) is 29.7 Å². The van der Waals surface area contributed by atoms with E-state index in [9.17, 15) is 28.8 Å². The Morgan fingerprint density at radius 3 is 1.40 bits per heavy atom. The van der Waals surface area contributed by atoms with Crippen LogP contribution in [-0.2, 0) is 33.4 Å². The van der Waals surface area contributed by atoms with Crippen LogP contribution in [0.5, 0.6) is 0 Å². The average molecular weight is 1100 g/mol. The van der Waals surface area contributed by atoms with Crippen molar-refractivity contribution in [2.45, 2.75) is 76.9 Å². The molecule has 4 aliphatic rings. The fourth-order valence-electron chi connectivity index (χ4n) is 10.6. The highest BCUT2D eigenvalue weighted by molar-refractivity contribution is 6.09. The van der Waals surface area contributed by atoms with Crippen LogP contribution in [0.4, 0.5) is 10.5 Å². The number of ether oxygens (including phenoxy) is 3. The van der Waals surface area contributed by atoms with E-state index in [0.717, 1.165) is 22.3 Å². The molecule has 0 bridgehead atoms. The number of hydrogen-bond donors (Lipinski definition) is 2. The highest BCUT2D eigenvalue weighted by Crippen LogP contribution is 2.52. The van der Waals surface area contributed by atoms with Crippen LogP contribution in [0.3, 0.4) is 0 Å². The van der Waals surface area contributed by atoms with Gasteiger partial charge in [0, 0.05) is 27.8 Å². The molecule has 4 fully saturated rings. The predicted octanol–water partition coefficient (Wildman–Crippen LogP) is 11.0. The number of anilines is 1. The third-order valence-corrected chi connectivity index (χ3v) is 14.4. The SMILES string of the molecule is C=CCO.C=CCOC(=O)Nc1ccc(/C=C2/C(=O)N3C2CC(C)(C)[C@@H]3C(=O)OC(c2ccccc2)c2ccccc2)nc1.CC1(C)CC2/C(=C\c3ccc(C(=O)N=[N+]=[N-])cn3)C(=O)N2[C@H]1C(=O)OC(c1ccccc1)c1ccccc1. The Kier molecular flexibility index (Phi) is 18.5. The number of hydrogen-bond acceptors (Lipinski definition) is 12. The molecular formula is C64H62N8O10. The van der Waals surface area contributed by atoms with E-state index < -0.39 is 59.1 Å². The lowest BCUT2D eigenvalue weighted by Gasteiger charge is -2.41. The van der Waals surface area contributed by atoms with Gasteiger partial charge < -0.3 is 29.1 Å². The lowest BCUT2D eigenvalue weighted by atomic mass is 9.83. The Morgan fingerprint density at radius 2 is 1.06 bits per heavy atom. The minimum absolute atomic E-state index is 0.0833. The number of rotatable bonds is 15. The second-order valence-electron chi connectivity index (χ2n) is 21.0. The smallest absolute Gasteiger partial charge is 0.411 e. The fraction of sp³-hybridized carbons (Fsp3) is 0.250. The number of fused-ring (bicyclic) bond motifs is 2. The summed E-state index contributed by atoms with van der Waals surface area (Å²) < 4.78 is 17.2. The molecule has 6 aromatic rings. The molecular weight excluding hydrogens is 1040 g/mol. The van der Waals surface area contributed by atoms with Crippen molar-refractivity contribution in [3.63, 3.8) is 0 Å². The number of azide groups is 1. The fourth-order valence-corrected chi connectivity index (χ4v) is 10.6. The van der Waals surface area contributed by atoms with Crippen LogP contribution in [0.25, 0.3) is 22.6 Å². The van der Waals surface area contributed by atoms with Crippen LogP contribution in [0.15, 0.2) is 200 Å². The lowest BCUT2D eigenvalue weighted by molar-refractivity contribution is -0.162. The third-order valence-electron chi connectivity index (χ3n) is 14.4. The molecule has 0 saturated carbocycles. The van der Waals surface area contributed by atoms with Crippen LogP contribution in [0.2, 0.25) is 0 Å². The highest BCUT2D eigenvalue weighted by Gasteiger charge is 2.62. The van der Waals surface area contributed by atoms with Crippen molar-refractivity contribution < 1.29 is 48.1 Å². The van der Waals surface area contributed by atoms with Crippen molar-refractivity contribution in [1.29, 1.82) is 0 Å². The van der Waals surface area contributed by atoms with E-state index in [1.54, 1.807) is 40.2 Å². The molecule has 0 radical (unpaired) electrons. The monoisotopic (exact) mass is 1100 g/mol. The molecule has 2 aromatic heterocycles. The molecule has 6 heterocycles. The molecule has 4 saturated heterocycles. The van der Waals surface area contributed by atoms with Gasteiger partial charge in [0.1, 0.15) is 18.7 Å². The Hall–Kier alpha value is -9.77. The number of carbonyl (C=O) groups excluding carboxylic acids is 6. The van der Waals surface area contributed by atoms with Crippen LogP contribution >= 0.6 is 0 Å². The van der Waals surface area contributed by atoms with Crippen LogP contribution in [0, 0.1) is 10.8 Å². The summed E-state index contributed by atoms with van der Waals surface area (Å²) in [6.45, 7) is 14.8. The zero-order chi connectivity index (χ0) is 58.6. The molecule has 18 heteroatoms. The number of β-lactam (4-membered cyclic amide) rings is 2. The van der Waals surface area contributed by atoms with E-state index in [1.165, 1.54) is 30.6 Å². The molecule has 10 rings (SSSR count). The van der Waals surface area contributed by atoms with Gasteiger partial charge in [0.15, 0.2) is 12.2 Å². The molecule has 2 unspecified atom stereocenters. The Labute approximate surface area is 475 Å². The van der Waals surface area contributed by atoms with Gasteiger partial charge in [0.05, 0.1) is 42.0 Å². The first-order valence-electron chi connectivity index (χ1n) is 26.5. The topological polar surface area (TPSA) is 243 Å². The summed E-state index contributed by atoms with van der Waals surface area (Å²) in [7, 11) is 0. The average Bonchev–Trinajstić information content (AvgIpc) is 1.92. The second-order valence-corrected chi connectivity index (χ2v) is 21.0. The van der Waals surface area contributed by atoms with E-state index >= 15 is 0 Å². The number of carbonyl (C=O) groups is 6. The largest absolute Gasteiger partial charge is 0.451 e. The van der Waals surface area contributed by atoms with Gasteiger partial charge in [0.2, 0.25) is 0 Å². The maximum Gasteiger partial charge on any atom is 0.411 e. The maximum absolute atomic E-state index is 13.7. The van der Waals surface area contributed by atoms with Crippen LogP contribution in [0.1, 0.15) is 96.7 Å². The summed E-state index contributed by atoms with van der Waals surface area (Å²) in [5.41, 5.74) is 13.7. The van der Waals surface area contributed by atoms with Crippen molar-refractivity contribution in [1.82, 2.24) is 19.8 Å². The van der Waals surface area contributed by atoms with Gasteiger partial charge in [-0.15, -0.1) is 6.58 Å². The first-order chi connectivity index (χ1) is 39.5. The predicted molar refractivity (Wildman–Crippen MR) is 308 cm³/mol. The van der Waals surface area contributed by atoms with Crippen molar-refractivity contribution >= 4 is 53.6 Å². The van der Waals surface area contributed by atoms with Crippen molar-refractivity contribution in [3.8, 4) is 0 Å². The van der Waals surface area contributed by atoms with E-state index in [2.05, 4.69) is 38.5 Å². The summed E-state index contributed by atoms with van der Waals surface area (Å²) in [5.74, 6) is -2.04. The molecule has 4 aliphatic heterocycles. The van der Waals surface area contributed by atoms with Gasteiger partial charge in [-0.1, -0.05) is 168 Å².